The summed E-state index contributed by atoms with van der Waals surface area (Å²) >= 11 is 0. The minimum absolute atomic E-state index is 0.0499. The van der Waals surface area contributed by atoms with Gasteiger partial charge >= 0.3 is 0 Å². The molecule has 0 aromatic carbocycles. The monoisotopic (exact) mass is 198 g/mol. The van der Waals surface area contributed by atoms with Crippen molar-refractivity contribution in [1.82, 2.24) is 0 Å². The van der Waals surface area contributed by atoms with Crippen LogP contribution < -0.4 is 0 Å². The van der Waals surface area contributed by atoms with Crippen molar-refractivity contribution in [1.29, 1.82) is 0 Å². The maximum Gasteiger partial charge on any atom is 0.152 e. The van der Waals surface area contributed by atoms with E-state index in [0.29, 0.717) is 11.8 Å². The first-order chi connectivity index (χ1) is 6.52. The number of rotatable bonds is 6. The van der Waals surface area contributed by atoms with Crippen LogP contribution in [0.25, 0.3) is 0 Å². The highest BCUT2D eigenvalue weighted by Gasteiger charge is 2.18. The molecular formula is C12H22O2. The predicted octanol–water partition coefficient (Wildman–Crippen LogP) is 2.83. The fourth-order valence-corrected chi connectivity index (χ4v) is 1.39. The van der Waals surface area contributed by atoms with Gasteiger partial charge in [-0.1, -0.05) is 33.3 Å². The summed E-state index contributed by atoms with van der Waals surface area (Å²) in [6.07, 6.45) is 4.63. The van der Waals surface area contributed by atoms with Crippen LogP contribution in [0, 0.1) is 11.8 Å². The van der Waals surface area contributed by atoms with Gasteiger partial charge in [-0.15, -0.1) is 0 Å². The molecule has 0 aromatic rings. The minimum Gasteiger partial charge on any atom is -0.377 e. The Balaban J connectivity index is 4.32. The molecule has 0 fully saturated rings. The molecule has 3 atom stereocenters. The van der Waals surface area contributed by atoms with Crippen LogP contribution in [0.1, 0.15) is 34.1 Å². The molecule has 0 aliphatic rings. The molecule has 82 valence electrons. The molecule has 0 radical (unpaired) electrons. The Labute approximate surface area is 87.3 Å². The third-order valence-electron chi connectivity index (χ3n) is 2.85. The SMILES string of the molecule is CCC(C)C(C)C(/C=C/C(C)=O)OC. The maximum atomic E-state index is 10.8. The van der Waals surface area contributed by atoms with E-state index in [9.17, 15) is 4.79 Å². The fraction of sp³-hybridized carbons (Fsp3) is 0.750. The summed E-state index contributed by atoms with van der Waals surface area (Å²) in [6.45, 7) is 8.09. The minimum atomic E-state index is 0.0499. The van der Waals surface area contributed by atoms with E-state index in [2.05, 4.69) is 20.8 Å². The largest absolute Gasteiger partial charge is 0.377 e. The summed E-state index contributed by atoms with van der Waals surface area (Å²) in [5.41, 5.74) is 0. The lowest BCUT2D eigenvalue weighted by atomic mass is 9.88. The number of ketones is 1. The highest BCUT2D eigenvalue weighted by atomic mass is 16.5. The van der Waals surface area contributed by atoms with E-state index in [4.69, 9.17) is 4.74 Å². The number of hydrogen-bond acceptors (Lipinski definition) is 2. The van der Waals surface area contributed by atoms with E-state index in [0.717, 1.165) is 6.42 Å². The average molecular weight is 198 g/mol. The number of methoxy groups -OCH3 is 1. The summed E-state index contributed by atoms with van der Waals surface area (Å²) in [5, 5.41) is 0. The molecule has 3 unspecified atom stereocenters. The molecule has 0 aliphatic heterocycles. The number of carbonyl (C=O) groups is 1. The van der Waals surface area contributed by atoms with Crippen LogP contribution in [0.3, 0.4) is 0 Å². The van der Waals surface area contributed by atoms with Gasteiger partial charge in [0.2, 0.25) is 0 Å². The molecule has 0 amide bonds. The van der Waals surface area contributed by atoms with Crippen LogP contribution in [-0.4, -0.2) is 19.0 Å². The standard InChI is InChI=1S/C12H22O2/c1-6-9(2)11(4)12(14-5)8-7-10(3)13/h7-9,11-12H,6H2,1-5H3/b8-7+. The van der Waals surface area contributed by atoms with Gasteiger partial charge in [-0.05, 0) is 24.8 Å². The lowest BCUT2D eigenvalue weighted by Gasteiger charge is -2.24. The summed E-state index contributed by atoms with van der Waals surface area (Å²) in [7, 11) is 1.69. The van der Waals surface area contributed by atoms with Crippen molar-refractivity contribution < 1.29 is 9.53 Å². The first kappa shape index (κ1) is 13.4. The van der Waals surface area contributed by atoms with Gasteiger partial charge in [-0.3, -0.25) is 4.79 Å². The van der Waals surface area contributed by atoms with Gasteiger partial charge in [0.1, 0.15) is 0 Å². The Morgan fingerprint density at radius 1 is 1.43 bits per heavy atom. The Morgan fingerprint density at radius 2 is 2.00 bits per heavy atom. The fourth-order valence-electron chi connectivity index (χ4n) is 1.39. The zero-order valence-corrected chi connectivity index (χ0v) is 9.91. The molecule has 0 saturated heterocycles. The lowest BCUT2D eigenvalue weighted by Crippen LogP contribution is -2.23. The van der Waals surface area contributed by atoms with E-state index in [1.165, 1.54) is 0 Å². The van der Waals surface area contributed by atoms with Gasteiger partial charge in [-0.25, -0.2) is 0 Å². The third-order valence-corrected chi connectivity index (χ3v) is 2.85. The quantitative estimate of drug-likeness (QED) is 0.613. The van der Waals surface area contributed by atoms with Gasteiger partial charge in [-0.2, -0.15) is 0 Å². The van der Waals surface area contributed by atoms with E-state index in [1.807, 2.05) is 6.08 Å². The smallest absolute Gasteiger partial charge is 0.152 e. The summed E-state index contributed by atoms with van der Waals surface area (Å²) in [4.78, 5) is 10.8. The van der Waals surface area contributed by atoms with E-state index in [1.54, 1.807) is 20.1 Å². The molecule has 0 saturated carbocycles. The number of ether oxygens (including phenoxy) is 1. The molecular weight excluding hydrogens is 176 g/mol. The lowest BCUT2D eigenvalue weighted by molar-refractivity contribution is -0.112. The van der Waals surface area contributed by atoms with Crippen molar-refractivity contribution >= 4 is 5.78 Å². The highest BCUT2D eigenvalue weighted by Crippen LogP contribution is 2.21. The van der Waals surface area contributed by atoms with Crippen LogP contribution in [0.15, 0.2) is 12.2 Å². The Hall–Kier alpha value is -0.630. The molecule has 0 rings (SSSR count). The number of hydrogen-bond donors (Lipinski definition) is 0. The molecule has 0 spiro atoms. The zero-order valence-electron chi connectivity index (χ0n) is 9.91. The molecule has 0 heterocycles. The molecule has 2 heteroatoms. The van der Waals surface area contributed by atoms with Gasteiger partial charge in [0.15, 0.2) is 5.78 Å². The second kappa shape index (κ2) is 6.77. The summed E-state index contributed by atoms with van der Waals surface area (Å²) in [5.74, 6) is 1.13. The van der Waals surface area contributed by atoms with Crippen LogP contribution in [0.5, 0.6) is 0 Å². The summed E-state index contributed by atoms with van der Waals surface area (Å²) < 4.78 is 5.35. The van der Waals surface area contributed by atoms with Crippen LogP contribution in [0.4, 0.5) is 0 Å². The zero-order chi connectivity index (χ0) is 11.1. The van der Waals surface area contributed by atoms with Crippen LogP contribution in [0.2, 0.25) is 0 Å². The number of allylic oxidation sites excluding steroid dienone is 1. The van der Waals surface area contributed by atoms with Crippen LogP contribution in [-0.2, 0) is 9.53 Å². The van der Waals surface area contributed by atoms with Gasteiger partial charge in [0, 0.05) is 7.11 Å². The second-order valence-corrected chi connectivity index (χ2v) is 3.91. The second-order valence-electron chi connectivity index (χ2n) is 3.91. The van der Waals surface area contributed by atoms with E-state index < -0.39 is 0 Å². The van der Waals surface area contributed by atoms with Crippen molar-refractivity contribution in [3.05, 3.63) is 12.2 Å². The molecule has 2 nitrogen and oxygen atoms in total. The van der Waals surface area contributed by atoms with Crippen molar-refractivity contribution in [3.8, 4) is 0 Å². The Kier molecular flexibility index (Phi) is 6.46. The third kappa shape index (κ3) is 4.56. The van der Waals surface area contributed by atoms with Crippen molar-refractivity contribution in [2.75, 3.05) is 7.11 Å². The molecule has 14 heavy (non-hydrogen) atoms. The van der Waals surface area contributed by atoms with Crippen molar-refractivity contribution in [3.63, 3.8) is 0 Å². The summed E-state index contributed by atoms with van der Waals surface area (Å²) in [6, 6.07) is 0. The molecule has 0 N–H and O–H groups in total. The van der Waals surface area contributed by atoms with Crippen LogP contribution >= 0.6 is 0 Å². The Morgan fingerprint density at radius 3 is 2.36 bits per heavy atom. The number of carbonyl (C=O) groups excluding carboxylic acids is 1. The first-order valence-corrected chi connectivity index (χ1v) is 5.24. The van der Waals surface area contributed by atoms with Gasteiger partial charge in [0.25, 0.3) is 0 Å². The molecule has 0 bridgehead atoms. The van der Waals surface area contributed by atoms with Gasteiger partial charge in [0.05, 0.1) is 6.10 Å². The highest BCUT2D eigenvalue weighted by molar-refractivity contribution is 5.87. The molecule has 0 aliphatic carbocycles. The van der Waals surface area contributed by atoms with Crippen molar-refractivity contribution in [2.45, 2.75) is 40.2 Å². The average Bonchev–Trinajstić information content (AvgIpc) is 2.16. The van der Waals surface area contributed by atoms with E-state index >= 15 is 0 Å². The molecule has 0 aromatic heterocycles. The Bertz CT molecular complexity index is 196. The maximum absolute atomic E-state index is 10.8. The van der Waals surface area contributed by atoms with E-state index in [-0.39, 0.29) is 11.9 Å². The van der Waals surface area contributed by atoms with Crippen molar-refractivity contribution in [2.24, 2.45) is 11.8 Å². The normalized spacial score (nSPS) is 18.1. The predicted molar refractivity (Wildman–Crippen MR) is 59.2 cm³/mol. The van der Waals surface area contributed by atoms with Gasteiger partial charge < -0.3 is 4.74 Å². The topological polar surface area (TPSA) is 26.3 Å². The first-order valence-electron chi connectivity index (χ1n) is 5.24.